The van der Waals surface area contributed by atoms with Crippen molar-refractivity contribution in [2.24, 2.45) is 0 Å². The first-order valence-corrected chi connectivity index (χ1v) is 10.8. The van der Waals surface area contributed by atoms with Crippen LogP contribution in [0.4, 0.5) is 13.2 Å². The number of alkyl halides is 3. The monoisotopic (exact) mass is 492 g/mol. The van der Waals surface area contributed by atoms with E-state index in [0.29, 0.717) is 41.8 Å². The quantitative estimate of drug-likeness (QED) is 0.357. The summed E-state index contributed by atoms with van der Waals surface area (Å²) < 4.78 is 51.1. The summed E-state index contributed by atoms with van der Waals surface area (Å²) in [5.74, 6) is -1.92. The van der Waals surface area contributed by atoms with Crippen molar-refractivity contribution in [1.29, 1.82) is 0 Å². The van der Waals surface area contributed by atoms with Gasteiger partial charge in [0.25, 0.3) is 0 Å². The zero-order valence-electron chi connectivity index (χ0n) is 18.3. The molecule has 1 aromatic heterocycles. The van der Waals surface area contributed by atoms with Crippen LogP contribution in [0.2, 0.25) is 5.02 Å². The predicted octanol–water partition coefficient (Wildman–Crippen LogP) is 5.85. The number of carbonyl (C=O) groups is 2. The molecule has 0 fully saturated rings. The standard InChI is InChI=1S/C24H20ClF3N2O4/c1-33-18-11-12(9-10-13(18)23(32)34-2)21-19-14(5-3-8-17(19)29-30-21)22(31)20-15(24(26,27)28)6-4-7-16(20)25/h4,6-7,9-11,14H,3,5,8H2,1-2H3,(H,29,30). The van der Waals surface area contributed by atoms with Gasteiger partial charge in [0, 0.05) is 22.4 Å². The molecular weight excluding hydrogens is 473 g/mol. The summed E-state index contributed by atoms with van der Waals surface area (Å²) >= 11 is 6.10. The number of carbonyl (C=O) groups excluding carboxylic acids is 2. The summed E-state index contributed by atoms with van der Waals surface area (Å²) in [6.07, 6.45) is -3.19. The predicted molar refractivity (Wildman–Crippen MR) is 118 cm³/mol. The number of Topliss-reactive ketones (excluding diaryl/α,β-unsaturated/α-hetero) is 1. The molecule has 1 N–H and O–H groups in total. The molecule has 178 valence electrons. The highest BCUT2D eigenvalue weighted by Gasteiger charge is 2.40. The number of nitrogens with one attached hydrogen (secondary N) is 1. The van der Waals surface area contributed by atoms with Crippen LogP contribution in [-0.4, -0.2) is 36.2 Å². The van der Waals surface area contributed by atoms with Crippen LogP contribution in [0.15, 0.2) is 36.4 Å². The highest BCUT2D eigenvalue weighted by Crippen LogP contribution is 2.43. The van der Waals surface area contributed by atoms with Crippen LogP contribution >= 0.6 is 11.6 Å². The van der Waals surface area contributed by atoms with E-state index in [1.807, 2.05) is 0 Å². The smallest absolute Gasteiger partial charge is 0.417 e. The summed E-state index contributed by atoms with van der Waals surface area (Å²) in [5, 5.41) is 7.02. The fourth-order valence-electron chi connectivity index (χ4n) is 4.36. The van der Waals surface area contributed by atoms with Crippen LogP contribution < -0.4 is 4.74 Å². The van der Waals surface area contributed by atoms with Crippen molar-refractivity contribution in [2.75, 3.05) is 14.2 Å². The zero-order chi connectivity index (χ0) is 24.6. The van der Waals surface area contributed by atoms with Gasteiger partial charge in [0.2, 0.25) is 0 Å². The van der Waals surface area contributed by atoms with Gasteiger partial charge in [-0.25, -0.2) is 4.79 Å². The lowest BCUT2D eigenvalue weighted by molar-refractivity contribution is -0.137. The number of halogens is 4. The van der Waals surface area contributed by atoms with Crippen molar-refractivity contribution < 1.29 is 32.2 Å². The number of aromatic nitrogens is 2. The Hall–Kier alpha value is -3.33. The molecule has 1 unspecified atom stereocenters. The Morgan fingerprint density at radius 2 is 1.94 bits per heavy atom. The number of ketones is 1. The van der Waals surface area contributed by atoms with Gasteiger partial charge in [-0.3, -0.25) is 9.89 Å². The average molecular weight is 493 g/mol. The highest BCUT2D eigenvalue weighted by molar-refractivity contribution is 6.34. The molecule has 0 bridgehead atoms. The van der Waals surface area contributed by atoms with Gasteiger partial charge < -0.3 is 9.47 Å². The van der Waals surface area contributed by atoms with Crippen molar-refractivity contribution in [3.05, 3.63) is 69.4 Å². The molecule has 0 saturated heterocycles. The van der Waals surface area contributed by atoms with Gasteiger partial charge >= 0.3 is 12.1 Å². The second-order valence-corrected chi connectivity index (χ2v) is 8.25. The highest BCUT2D eigenvalue weighted by atomic mass is 35.5. The minimum Gasteiger partial charge on any atom is -0.496 e. The molecule has 0 saturated carbocycles. The first-order valence-electron chi connectivity index (χ1n) is 10.4. The van der Waals surface area contributed by atoms with Crippen molar-refractivity contribution in [1.82, 2.24) is 10.2 Å². The third-order valence-electron chi connectivity index (χ3n) is 5.91. The van der Waals surface area contributed by atoms with Crippen LogP contribution in [0.3, 0.4) is 0 Å². The van der Waals surface area contributed by atoms with Gasteiger partial charge in [0.05, 0.1) is 36.4 Å². The number of ether oxygens (including phenoxy) is 2. The maximum absolute atomic E-state index is 13.7. The number of fused-ring (bicyclic) bond motifs is 1. The third kappa shape index (κ3) is 4.16. The maximum Gasteiger partial charge on any atom is 0.417 e. The van der Waals surface area contributed by atoms with Crippen molar-refractivity contribution in [3.63, 3.8) is 0 Å². The molecule has 6 nitrogen and oxygen atoms in total. The number of rotatable bonds is 5. The molecule has 3 aromatic rings. The van der Waals surface area contributed by atoms with E-state index in [4.69, 9.17) is 21.1 Å². The van der Waals surface area contributed by atoms with Gasteiger partial charge in [-0.2, -0.15) is 18.3 Å². The summed E-state index contributed by atoms with van der Waals surface area (Å²) in [7, 11) is 2.65. The van der Waals surface area contributed by atoms with E-state index in [1.54, 1.807) is 12.1 Å². The number of esters is 1. The number of aromatic amines is 1. The topological polar surface area (TPSA) is 81.3 Å². The number of aryl methyl sites for hydroxylation is 1. The van der Waals surface area contributed by atoms with E-state index in [9.17, 15) is 22.8 Å². The largest absolute Gasteiger partial charge is 0.496 e. The second kappa shape index (κ2) is 9.13. The Morgan fingerprint density at radius 3 is 2.62 bits per heavy atom. The summed E-state index contributed by atoms with van der Waals surface area (Å²) in [4.78, 5) is 25.5. The van der Waals surface area contributed by atoms with Crippen molar-refractivity contribution in [3.8, 4) is 17.0 Å². The van der Waals surface area contributed by atoms with E-state index in [0.717, 1.165) is 6.07 Å². The van der Waals surface area contributed by atoms with Crippen molar-refractivity contribution >= 4 is 23.4 Å². The Balaban J connectivity index is 1.82. The van der Waals surface area contributed by atoms with Gasteiger partial charge in [-0.15, -0.1) is 0 Å². The third-order valence-corrected chi connectivity index (χ3v) is 6.23. The van der Waals surface area contributed by atoms with E-state index in [2.05, 4.69) is 10.2 Å². The van der Waals surface area contributed by atoms with Crippen LogP contribution in [0, 0.1) is 0 Å². The van der Waals surface area contributed by atoms with E-state index >= 15 is 0 Å². The van der Waals surface area contributed by atoms with E-state index in [-0.39, 0.29) is 16.3 Å². The van der Waals surface area contributed by atoms with Gasteiger partial charge in [-0.1, -0.05) is 23.7 Å². The molecular formula is C24H20ClF3N2O4. The summed E-state index contributed by atoms with van der Waals surface area (Å²) in [6, 6.07) is 8.02. The molecule has 1 aliphatic carbocycles. The number of nitrogens with zero attached hydrogens (tertiary/aromatic N) is 1. The molecule has 0 radical (unpaired) electrons. The zero-order valence-corrected chi connectivity index (χ0v) is 19.0. The SMILES string of the molecule is COC(=O)c1ccc(-c2n[nH]c3c2C(C(=O)c2c(Cl)cccc2C(F)(F)F)CCC3)cc1OC. The number of methoxy groups -OCH3 is 2. The van der Waals surface area contributed by atoms with Gasteiger partial charge in [0.1, 0.15) is 11.3 Å². The fraction of sp³-hybridized carbons (Fsp3) is 0.292. The number of hydrogen-bond donors (Lipinski definition) is 1. The fourth-order valence-corrected chi connectivity index (χ4v) is 4.63. The van der Waals surface area contributed by atoms with E-state index in [1.165, 1.54) is 32.4 Å². The Kier molecular flexibility index (Phi) is 6.40. The molecule has 1 heterocycles. The van der Waals surface area contributed by atoms with Crippen molar-refractivity contribution in [2.45, 2.75) is 31.4 Å². The van der Waals surface area contributed by atoms with Crippen LogP contribution in [-0.2, 0) is 17.3 Å². The molecule has 0 spiro atoms. The average Bonchev–Trinajstić information content (AvgIpc) is 3.26. The molecule has 4 rings (SSSR count). The Labute approximate surface area is 198 Å². The summed E-state index contributed by atoms with van der Waals surface area (Å²) in [5.41, 5.74) is 0.747. The van der Waals surface area contributed by atoms with E-state index < -0.39 is 35.0 Å². The molecule has 0 amide bonds. The van der Waals surface area contributed by atoms with Crippen LogP contribution in [0.5, 0.6) is 5.75 Å². The van der Waals surface area contributed by atoms with Crippen LogP contribution in [0.1, 0.15) is 56.3 Å². The Morgan fingerprint density at radius 1 is 1.18 bits per heavy atom. The first kappa shape index (κ1) is 23.8. The molecule has 1 aliphatic rings. The number of benzene rings is 2. The lowest BCUT2D eigenvalue weighted by Gasteiger charge is -2.24. The second-order valence-electron chi connectivity index (χ2n) is 7.84. The summed E-state index contributed by atoms with van der Waals surface area (Å²) in [6.45, 7) is 0. The first-order chi connectivity index (χ1) is 16.2. The molecule has 0 aliphatic heterocycles. The lowest BCUT2D eigenvalue weighted by atomic mass is 9.79. The normalized spacial score (nSPS) is 15.5. The van der Waals surface area contributed by atoms with Crippen LogP contribution in [0.25, 0.3) is 11.3 Å². The number of hydrogen-bond acceptors (Lipinski definition) is 5. The molecule has 1 atom stereocenters. The minimum atomic E-state index is -4.73. The number of H-pyrrole nitrogens is 1. The maximum atomic E-state index is 13.7. The molecule has 10 heteroatoms. The molecule has 2 aromatic carbocycles. The Bertz CT molecular complexity index is 1270. The minimum absolute atomic E-state index is 0.205. The van der Waals surface area contributed by atoms with Gasteiger partial charge in [0.15, 0.2) is 5.78 Å². The van der Waals surface area contributed by atoms with Gasteiger partial charge in [-0.05, 0) is 43.5 Å². The molecule has 34 heavy (non-hydrogen) atoms. The lowest BCUT2D eigenvalue weighted by Crippen LogP contribution is -2.22.